The summed E-state index contributed by atoms with van der Waals surface area (Å²) in [5, 5.41) is 12.8. The van der Waals surface area contributed by atoms with E-state index in [2.05, 4.69) is 11.9 Å². The van der Waals surface area contributed by atoms with Gasteiger partial charge in [0.2, 0.25) is 11.8 Å². The van der Waals surface area contributed by atoms with Crippen molar-refractivity contribution >= 4 is 24.7 Å². The lowest BCUT2D eigenvalue weighted by Gasteiger charge is -2.29. The summed E-state index contributed by atoms with van der Waals surface area (Å²) >= 11 is 0. The molecular formula is C16H21BN2O5. The molecule has 0 spiro atoms. The van der Waals surface area contributed by atoms with Crippen molar-refractivity contribution in [1.82, 2.24) is 5.32 Å². The van der Waals surface area contributed by atoms with E-state index in [-0.39, 0.29) is 18.7 Å². The smallest absolute Gasteiger partial charge is 0.534 e. The fraction of sp³-hybridized carbons (Fsp3) is 0.375. The molecule has 7 nitrogen and oxygen atoms in total. The van der Waals surface area contributed by atoms with E-state index in [4.69, 9.17) is 15.1 Å². The molecule has 1 heterocycles. The van der Waals surface area contributed by atoms with Gasteiger partial charge in [-0.3, -0.25) is 9.59 Å². The molecule has 24 heavy (non-hydrogen) atoms. The Bertz CT molecular complexity index is 649. The fourth-order valence-electron chi connectivity index (χ4n) is 2.53. The van der Waals surface area contributed by atoms with Crippen LogP contribution in [-0.2, 0) is 20.7 Å². The van der Waals surface area contributed by atoms with Crippen LogP contribution in [0.15, 0.2) is 24.8 Å². The predicted molar refractivity (Wildman–Crippen MR) is 89.8 cm³/mol. The summed E-state index contributed by atoms with van der Waals surface area (Å²) in [6.45, 7) is 6.19. The number of hydrogen-bond acceptors (Lipinski definition) is 5. The highest BCUT2D eigenvalue weighted by Crippen LogP contribution is 2.34. The van der Waals surface area contributed by atoms with Crippen LogP contribution in [0.5, 0.6) is 5.75 Å². The lowest BCUT2D eigenvalue weighted by molar-refractivity contribution is -0.125. The third kappa shape index (κ3) is 4.29. The number of nitrogens with two attached hydrogens (primary N) is 1. The van der Waals surface area contributed by atoms with Gasteiger partial charge in [-0.2, -0.15) is 0 Å². The molecule has 1 aromatic carbocycles. The van der Waals surface area contributed by atoms with Crippen molar-refractivity contribution in [2.75, 3.05) is 6.61 Å². The molecule has 0 fully saturated rings. The number of fused-ring (bicyclic) bond motifs is 1. The van der Waals surface area contributed by atoms with Gasteiger partial charge >= 0.3 is 7.12 Å². The van der Waals surface area contributed by atoms with Gasteiger partial charge in [-0.1, -0.05) is 18.7 Å². The van der Waals surface area contributed by atoms with Crippen molar-refractivity contribution in [2.45, 2.75) is 32.1 Å². The molecule has 0 aromatic heterocycles. The largest absolute Gasteiger partial charge is 0.547 e. The highest BCUT2D eigenvalue weighted by atomic mass is 16.5. The standard InChI is InChI=1S/C16H21BN2O5/c1-3-23-10(2)12-6-4-5-11-9-13(17(22)24-16(11)12)19-15(21)8-7-14(18)20/h4-6,13,22H,2-3,7-9H2,1H3,(H2,18,20)(H,19,21). The normalized spacial score (nSPS) is 15.9. The minimum Gasteiger partial charge on any atom is -0.534 e. The van der Waals surface area contributed by atoms with Crippen molar-refractivity contribution in [3.63, 3.8) is 0 Å². The zero-order valence-corrected chi connectivity index (χ0v) is 13.6. The van der Waals surface area contributed by atoms with E-state index in [1.807, 2.05) is 19.1 Å². The molecule has 1 aromatic rings. The fourth-order valence-corrected chi connectivity index (χ4v) is 2.53. The van der Waals surface area contributed by atoms with Gasteiger partial charge in [0.1, 0.15) is 11.5 Å². The monoisotopic (exact) mass is 332 g/mol. The summed E-state index contributed by atoms with van der Waals surface area (Å²) in [5.74, 6) is -0.542. The molecule has 0 saturated carbocycles. The van der Waals surface area contributed by atoms with Crippen LogP contribution in [0.4, 0.5) is 0 Å². The Morgan fingerprint density at radius 2 is 2.25 bits per heavy atom. The second kappa shape index (κ2) is 7.87. The van der Waals surface area contributed by atoms with Crippen LogP contribution in [0.3, 0.4) is 0 Å². The topological polar surface area (TPSA) is 111 Å². The number of benzene rings is 1. The molecule has 0 bridgehead atoms. The second-order valence-electron chi connectivity index (χ2n) is 5.50. The van der Waals surface area contributed by atoms with Crippen LogP contribution in [0.1, 0.15) is 30.9 Å². The number of amides is 2. The summed E-state index contributed by atoms with van der Waals surface area (Å²) in [5.41, 5.74) is 6.53. The van der Waals surface area contributed by atoms with Crippen LogP contribution in [0.2, 0.25) is 0 Å². The van der Waals surface area contributed by atoms with Crippen LogP contribution in [0.25, 0.3) is 5.76 Å². The Morgan fingerprint density at radius 1 is 1.50 bits per heavy atom. The van der Waals surface area contributed by atoms with Gasteiger partial charge in [0.05, 0.1) is 18.1 Å². The molecule has 8 heteroatoms. The van der Waals surface area contributed by atoms with E-state index >= 15 is 0 Å². The zero-order valence-electron chi connectivity index (χ0n) is 13.6. The van der Waals surface area contributed by atoms with Gasteiger partial charge in [0.15, 0.2) is 0 Å². The second-order valence-corrected chi connectivity index (χ2v) is 5.50. The lowest BCUT2D eigenvalue weighted by atomic mass is 9.72. The Labute approximate surface area is 141 Å². The maximum atomic E-state index is 11.8. The molecule has 1 unspecified atom stereocenters. The maximum Gasteiger partial charge on any atom is 0.547 e. The van der Waals surface area contributed by atoms with Crippen molar-refractivity contribution < 1.29 is 24.0 Å². The Hall–Kier alpha value is -2.48. The molecule has 0 saturated heterocycles. The highest BCUT2D eigenvalue weighted by molar-refractivity contribution is 6.46. The van der Waals surface area contributed by atoms with Gasteiger partial charge in [0, 0.05) is 12.8 Å². The third-order valence-corrected chi connectivity index (χ3v) is 3.68. The summed E-state index contributed by atoms with van der Waals surface area (Å²) in [6.07, 6.45) is 0.336. The number of primary amides is 1. The molecule has 2 rings (SSSR count). The Kier molecular flexibility index (Phi) is 5.86. The molecule has 1 aliphatic rings. The number of ether oxygens (including phenoxy) is 1. The zero-order chi connectivity index (χ0) is 17.7. The minimum atomic E-state index is -1.20. The van der Waals surface area contributed by atoms with Gasteiger partial charge in [-0.25, -0.2) is 0 Å². The van der Waals surface area contributed by atoms with Crippen molar-refractivity contribution in [3.8, 4) is 5.75 Å². The highest BCUT2D eigenvalue weighted by Gasteiger charge is 2.37. The van der Waals surface area contributed by atoms with Crippen molar-refractivity contribution in [3.05, 3.63) is 35.9 Å². The number of para-hydroxylation sites is 1. The number of carbonyl (C=O) groups excluding carboxylic acids is 2. The lowest BCUT2D eigenvalue weighted by Crippen LogP contribution is -2.53. The van der Waals surface area contributed by atoms with E-state index in [1.165, 1.54) is 0 Å². The van der Waals surface area contributed by atoms with E-state index in [9.17, 15) is 14.6 Å². The average Bonchev–Trinajstić information content (AvgIpc) is 2.53. The van der Waals surface area contributed by atoms with E-state index < -0.39 is 19.0 Å². The molecule has 4 N–H and O–H groups in total. The van der Waals surface area contributed by atoms with Crippen LogP contribution < -0.4 is 15.7 Å². The molecule has 0 aliphatic carbocycles. The van der Waals surface area contributed by atoms with Gasteiger partial charge < -0.3 is 25.5 Å². The molecule has 128 valence electrons. The summed E-state index contributed by atoms with van der Waals surface area (Å²) in [4.78, 5) is 22.5. The summed E-state index contributed by atoms with van der Waals surface area (Å²) in [6, 6.07) is 5.49. The van der Waals surface area contributed by atoms with Crippen molar-refractivity contribution in [2.24, 2.45) is 5.73 Å². The van der Waals surface area contributed by atoms with Gasteiger partial charge in [-0.15, -0.1) is 0 Å². The maximum absolute atomic E-state index is 11.8. The van der Waals surface area contributed by atoms with Gasteiger partial charge in [-0.05, 0) is 25.0 Å². The molecular weight excluding hydrogens is 311 g/mol. The van der Waals surface area contributed by atoms with Crippen LogP contribution >= 0.6 is 0 Å². The van der Waals surface area contributed by atoms with Crippen molar-refractivity contribution in [1.29, 1.82) is 0 Å². The van der Waals surface area contributed by atoms with Gasteiger partial charge in [0.25, 0.3) is 0 Å². The Balaban J connectivity index is 2.10. The summed E-state index contributed by atoms with van der Waals surface area (Å²) < 4.78 is 11.0. The minimum absolute atomic E-state index is 0.0212. The van der Waals surface area contributed by atoms with Crippen LogP contribution in [-0.4, -0.2) is 36.5 Å². The quantitative estimate of drug-likeness (QED) is 0.494. The predicted octanol–water partition coefficient (Wildman–Crippen LogP) is 0.399. The average molecular weight is 332 g/mol. The molecule has 1 aliphatic heterocycles. The number of carbonyl (C=O) groups is 2. The first-order valence-electron chi connectivity index (χ1n) is 7.78. The molecule has 1 atom stereocenters. The first-order valence-corrected chi connectivity index (χ1v) is 7.78. The first kappa shape index (κ1) is 17.9. The van der Waals surface area contributed by atoms with E-state index in [0.29, 0.717) is 30.1 Å². The summed E-state index contributed by atoms with van der Waals surface area (Å²) in [7, 11) is -1.20. The number of hydrogen-bond donors (Lipinski definition) is 3. The molecule has 2 amide bonds. The SMILES string of the molecule is C=C(OCC)c1cccc2c1OB(O)C(NC(=O)CCC(N)=O)C2. The first-order chi connectivity index (χ1) is 11.4. The van der Waals surface area contributed by atoms with Crippen LogP contribution in [0, 0.1) is 0 Å². The molecule has 0 radical (unpaired) electrons. The Morgan fingerprint density at radius 3 is 2.92 bits per heavy atom. The number of nitrogens with one attached hydrogen (secondary N) is 1. The number of rotatable bonds is 7. The van der Waals surface area contributed by atoms with E-state index in [0.717, 1.165) is 5.56 Å². The van der Waals surface area contributed by atoms with E-state index in [1.54, 1.807) is 6.07 Å². The third-order valence-electron chi connectivity index (χ3n) is 3.68.